The maximum Gasteiger partial charge on any atom is 0.251 e. The molecule has 176 valence electrons. The summed E-state index contributed by atoms with van der Waals surface area (Å²) in [5.41, 5.74) is 5.24. The van der Waals surface area contributed by atoms with Crippen molar-refractivity contribution in [3.05, 3.63) is 64.8 Å². The van der Waals surface area contributed by atoms with Gasteiger partial charge in [0, 0.05) is 61.0 Å². The van der Waals surface area contributed by atoms with E-state index in [4.69, 9.17) is 14.6 Å². The number of nitrogens with zero attached hydrogens (tertiary/aromatic N) is 1. The lowest BCUT2D eigenvalue weighted by Gasteiger charge is -2.39. The number of carbonyl (C=O) groups excluding carboxylic acids is 1. The maximum atomic E-state index is 12.2. The second-order valence-corrected chi connectivity index (χ2v) is 8.61. The van der Waals surface area contributed by atoms with E-state index in [0.29, 0.717) is 5.56 Å². The molecule has 2 heterocycles. The van der Waals surface area contributed by atoms with Crippen LogP contribution in [0.3, 0.4) is 0 Å². The highest BCUT2D eigenvalue weighted by Crippen LogP contribution is 2.37. The van der Waals surface area contributed by atoms with E-state index in [2.05, 4.69) is 34.3 Å². The van der Waals surface area contributed by atoms with Crippen LogP contribution in [-0.4, -0.2) is 60.9 Å². The number of aryl methyl sites for hydroxylation is 1. The summed E-state index contributed by atoms with van der Waals surface area (Å²) < 4.78 is 11.5. The van der Waals surface area contributed by atoms with Gasteiger partial charge >= 0.3 is 0 Å². The quantitative estimate of drug-likeness (QED) is 0.488. The third-order valence-corrected chi connectivity index (χ3v) is 6.65. The van der Waals surface area contributed by atoms with E-state index >= 15 is 0 Å². The molecule has 1 aromatic heterocycles. The molecule has 0 spiro atoms. The van der Waals surface area contributed by atoms with E-state index in [1.165, 1.54) is 16.5 Å². The summed E-state index contributed by atoms with van der Waals surface area (Å²) in [4.78, 5) is 18.1. The van der Waals surface area contributed by atoms with Gasteiger partial charge < -0.3 is 24.9 Å². The number of hydrogen-bond acceptors (Lipinski definition) is 5. The molecule has 1 fully saturated rings. The zero-order valence-electron chi connectivity index (χ0n) is 19.6. The predicted molar refractivity (Wildman–Crippen MR) is 129 cm³/mol. The van der Waals surface area contributed by atoms with Crippen LogP contribution in [0.1, 0.15) is 45.9 Å². The van der Waals surface area contributed by atoms with Gasteiger partial charge in [-0.3, -0.25) is 9.69 Å². The van der Waals surface area contributed by atoms with Crippen LogP contribution >= 0.6 is 0 Å². The highest BCUT2D eigenvalue weighted by atomic mass is 16.5. The minimum Gasteiger partial charge on any atom is -0.496 e. The number of methoxy groups -OCH3 is 2. The molecule has 3 aromatic rings. The third-order valence-electron chi connectivity index (χ3n) is 6.65. The molecule has 4 rings (SSSR count). The standard InChI is InChI=1S/C26H33N3O4/c1-17-14-24(33-3)22(21-8-10-27-25(17)21)16-29-12-9-20(32-2)15-23(29)18-4-6-19(7-5-18)26(31)28-11-13-30/h4-8,10,14,20,23,27,30H,9,11-13,15-16H2,1-3H3,(H,28,31)/t20-,23-/m0/s1. The number of ether oxygens (including phenoxy) is 2. The number of fused-ring (bicyclic) bond motifs is 1. The Morgan fingerprint density at radius 1 is 1.24 bits per heavy atom. The molecule has 0 radical (unpaired) electrons. The number of benzene rings is 2. The summed E-state index contributed by atoms with van der Waals surface area (Å²) in [7, 11) is 3.50. The van der Waals surface area contributed by atoms with Gasteiger partial charge in [0.25, 0.3) is 5.91 Å². The molecule has 0 unspecified atom stereocenters. The van der Waals surface area contributed by atoms with E-state index in [0.717, 1.165) is 42.8 Å². The number of piperidine rings is 1. The van der Waals surface area contributed by atoms with Crippen molar-refractivity contribution < 1.29 is 19.4 Å². The maximum absolute atomic E-state index is 12.2. The van der Waals surface area contributed by atoms with Gasteiger partial charge in [-0.2, -0.15) is 0 Å². The van der Waals surface area contributed by atoms with Gasteiger partial charge in [-0.25, -0.2) is 0 Å². The van der Waals surface area contributed by atoms with Gasteiger partial charge in [0.05, 0.1) is 19.8 Å². The van der Waals surface area contributed by atoms with Crippen LogP contribution in [0.25, 0.3) is 10.9 Å². The Morgan fingerprint density at radius 2 is 2.03 bits per heavy atom. The summed E-state index contributed by atoms with van der Waals surface area (Å²) in [5.74, 6) is 0.730. The minimum absolute atomic E-state index is 0.0733. The van der Waals surface area contributed by atoms with Crippen LogP contribution in [0.2, 0.25) is 0 Å². The first-order valence-electron chi connectivity index (χ1n) is 11.4. The summed E-state index contributed by atoms with van der Waals surface area (Å²) in [5, 5.41) is 12.8. The number of aliphatic hydroxyl groups is 1. The largest absolute Gasteiger partial charge is 0.496 e. The summed E-state index contributed by atoms with van der Waals surface area (Å²) in [6, 6.07) is 12.2. The summed E-state index contributed by atoms with van der Waals surface area (Å²) >= 11 is 0. The van der Waals surface area contributed by atoms with Crippen LogP contribution in [-0.2, 0) is 11.3 Å². The number of amides is 1. The number of likely N-dealkylation sites (tertiary alicyclic amines) is 1. The number of hydrogen-bond donors (Lipinski definition) is 3. The van der Waals surface area contributed by atoms with Crippen molar-refractivity contribution in [1.29, 1.82) is 0 Å². The first kappa shape index (κ1) is 23.3. The Kier molecular flexibility index (Phi) is 7.33. The Balaban J connectivity index is 1.63. The lowest BCUT2D eigenvalue weighted by atomic mass is 9.91. The molecule has 7 nitrogen and oxygen atoms in total. The van der Waals surface area contributed by atoms with Crippen molar-refractivity contribution >= 4 is 16.8 Å². The molecule has 0 saturated carbocycles. The van der Waals surface area contributed by atoms with E-state index in [-0.39, 0.29) is 31.2 Å². The Bertz CT molecular complexity index is 1090. The number of carbonyl (C=O) groups is 1. The topological polar surface area (TPSA) is 86.8 Å². The molecular weight excluding hydrogens is 418 g/mol. The van der Waals surface area contributed by atoms with Crippen molar-refractivity contribution in [3.8, 4) is 5.75 Å². The van der Waals surface area contributed by atoms with E-state index in [9.17, 15) is 4.79 Å². The fraction of sp³-hybridized carbons (Fsp3) is 0.423. The zero-order chi connectivity index (χ0) is 23.4. The lowest BCUT2D eigenvalue weighted by molar-refractivity contribution is 0.00676. The molecule has 3 N–H and O–H groups in total. The van der Waals surface area contributed by atoms with E-state index < -0.39 is 0 Å². The third kappa shape index (κ3) is 4.90. The molecule has 1 aliphatic heterocycles. The van der Waals surface area contributed by atoms with Crippen molar-refractivity contribution in [2.24, 2.45) is 0 Å². The van der Waals surface area contributed by atoms with Crippen molar-refractivity contribution in [1.82, 2.24) is 15.2 Å². The Morgan fingerprint density at radius 3 is 2.73 bits per heavy atom. The second-order valence-electron chi connectivity index (χ2n) is 8.61. The van der Waals surface area contributed by atoms with Crippen molar-refractivity contribution in [3.63, 3.8) is 0 Å². The SMILES string of the molecule is COc1cc(C)c2[nH]ccc2c1CN1CC[C@H](OC)C[C@H]1c1ccc(C(=O)NCCO)cc1. The lowest BCUT2D eigenvalue weighted by Crippen LogP contribution is -2.39. The summed E-state index contributed by atoms with van der Waals surface area (Å²) in [6.07, 6.45) is 4.04. The number of aliphatic hydroxyl groups excluding tert-OH is 1. The first-order valence-corrected chi connectivity index (χ1v) is 11.4. The highest BCUT2D eigenvalue weighted by molar-refractivity contribution is 5.94. The molecular formula is C26H33N3O4. The number of aromatic nitrogens is 1. The number of rotatable bonds is 8. The molecule has 1 aliphatic rings. The molecule has 0 bridgehead atoms. The van der Waals surface area contributed by atoms with E-state index in [1.807, 2.05) is 30.5 Å². The fourth-order valence-corrected chi connectivity index (χ4v) is 4.84. The number of H-pyrrole nitrogens is 1. The van der Waals surface area contributed by atoms with Gasteiger partial charge in [0.1, 0.15) is 5.75 Å². The monoisotopic (exact) mass is 451 g/mol. The fourth-order valence-electron chi connectivity index (χ4n) is 4.84. The van der Waals surface area contributed by atoms with E-state index in [1.54, 1.807) is 14.2 Å². The molecule has 33 heavy (non-hydrogen) atoms. The first-order chi connectivity index (χ1) is 16.0. The van der Waals surface area contributed by atoms with Gasteiger partial charge in [0.2, 0.25) is 0 Å². The number of nitrogens with one attached hydrogen (secondary N) is 2. The minimum atomic E-state index is -0.176. The zero-order valence-corrected chi connectivity index (χ0v) is 19.6. The van der Waals surface area contributed by atoms with Gasteiger partial charge in [-0.1, -0.05) is 12.1 Å². The summed E-state index contributed by atoms with van der Waals surface area (Å²) in [6.45, 7) is 3.94. The Labute approximate surface area is 194 Å². The van der Waals surface area contributed by atoms with Crippen LogP contribution in [0.5, 0.6) is 5.75 Å². The van der Waals surface area contributed by atoms with Crippen molar-refractivity contribution in [2.45, 2.75) is 38.5 Å². The normalized spacial score (nSPS) is 19.0. The van der Waals surface area contributed by atoms with Gasteiger partial charge in [-0.15, -0.1) is 0 Å². The highest BCUT2D eigenvalue weighted by Gasteiger charge is 2.31. The van der Waals surface area contributed by atoms with Crippen LogP contribution in [0, 0.1) is 6.92 Å². The van der Waals surface area contributed by atoms with Crippen LogP contribution < -0.4 is 10.1 Å². The van der Waals surface area contributed by atoms with Gasteiger partial charge in [-0.05, 0) is 55.2 Å². The number of aromatic amines is 1. The molecule has 2 aromatic carbocycles. The predicted octanol–water partition coefficient (Wildman–Crippen LogP) is 3.56. The molecule has 0 aliphatic carbocycles. The molecule has 7 heteroatoms. The average Bonchev–Trinajstić information content (AvgIpc) is 3.35. The molecule has 2 atom stereocenters. The Hall–Kier alpha value is -2.87. The van der Waals surface area contributed by atoms with Crippen LogP contribution in [0.4, 0.5) is 0 Å². The van der Waals surface area contributed by atoms with Gasteiger partial charge in [0.15, 0.2) is 0 Å². The van der Waals surface area contributed by atoms with Crippen molar-refractivity contribution in [2.75, 3.05) is 33.9 Å². The smallest absolute Gasteiger partial charge is 0.251 e. The average molecular weight is 452 g/mol. The second kappa shape index (κ2) is 10.4. The molecule has 1 amide bonds. The van der Waals surface area contributed by atoms with Crippen LogP contribution in [0.15, 0.2) is 42.6 Å². The molecule has 1 saturated heterocycles.